The van der Waals surface area contributed by atoms with Crippen LogP contribution in [0, 0.1) is 13.8 Å². The predicted octanol–water partition coefficient (Wildman–Crippen LogP) is 14.5. The van der Waals surface area contributed by atoms with Crippen molar-refractivity contribution >= 4 is 54.0 Å². The summed E-state index contributed by atoms with van der Waals surface area (Å²) in [4.78, 5) is 0. The number of nitrogens with zero attached hydrogens (tertiary/aromatic N) is 1. The van der Waals surface area contributed by atoms with E-state index in [4.69, 9.17) is 0 Å². The smallest absolute Gasteiger partial charge is 0.0612 e. The molecule has 54 heavy (non-hydrogen) atoms. The molecule has 1 aliphatic carbocycles. The van der Waals surface area contributed by atoms with Crippen LogP contribution >= 0.6 is 0 Å². The van der Waals surface area contributed by atoms with E-state index in [-0.39, 0.29) is 5.41 Å². The Bertz CT molecular complexity index is 3210. The van der Waals surface area contributed by atoms with Crippen LogP contribution in [0.1, 0.15) is 36.2 Å². The molecule has 11 rings (SSSR count). The first kappa shape index (κ1) is 31.1. The summed E-state index contributed by atoms with van der Waals surface area (Å²) in [5.41, 5.74) is 15.5. The van der Waals surface area contributed by atoms with E-state index in [9.17, 15) is 0 Å². The SMILES string of the molecule is Cc1c(C)n(-c2ccc3c(c2)C(C)(C)c2cc(-c4ccc5ccccc5c4)ccc2-3)c2c1ccc1c3cccc(-c4ccc5ccccc5c4)c3ccc12. The van der Waals surface area contributed by atoms with Gasteiger partial charge in [-0.3, -0.25) is 0 Å². The van der Waals surface area contributed by atoms with Crippen LogP contribution in [0.3, 0.4) is 0 Å². The second-order valence-corrected chi connectivity index (χ2v) is 15.8. The fourth-order valence-corrected chi connectivity index (χ4v) is 9.58. The fraction of sp³-hybridized carbons (Fsp3) is 0.0943. The van der Waals surface area contributed by atoms with E-state index < -0.39 is 0 Å². The van der Waals surface area contributed by atoms with Gasteiger partial charge in [0, 0.05) is 27.6 Å². The lowest BCUT2D eigenvalue weighted by molar-refractivity contribution is 0.660. The highest BCUT2D eigenvalue weighted by Gasteiger charge is 2.36. The molecule has 1 heteroatoms. The fourth-order valence-electron chi connectivity index (χ4n) is 9.58. The summed E-state index contributed by atoms with van der Waals surface area (Å²) in [6, 6.07) is 61.3. The Hall–Kier alpha value is -6.44. The highest BCUT2D eigenvalue weighted by atomic mass is 15.0. The van der Waals surface area contributed by atoms with Crippen molar-refractivity contribution in [3.8, 4) is 39.1 Å². The molecule has 0 atom stereocenters. The molecule has 256 valence electrons. The van der Waals surface area contributed by atoms with Crippen molar-refractivity contribution in [1.29, 1.82) is 0 Å². The summed E-state index contributed by atoms with van der Waals surface area (Å²) < 4.78 is 2.52. The molecule has 0 saturated carbocycles. The minimum absolute atomic E-state index is 0.142. The van der Waals surface area contributed by atoms with Gasteiger partial charge in [-0.2, -0.15) is 0 Å². The van der Waals surface area contributed by atoms with Gasteiger partial charge in [0.05, 0.1) is 5.52 Å². The maximum atomic E-state index is 2.52. The van der Waals surface area contributed by atoms with Gasteiger partial charge in [-0.05, 0) is 132 Å². The van der Waals surface area contributed by atoms with Crippen LogP contribution in [0.2, 0.25) is 0 Å². The van der Waals surface area contributed by atoms with E-state index >= 15 is 0 Å². The van der Waals surface area contributed by atoms with Crippen LogP contribution in [0.4, 0.5) is 0 Å². The van der Waals surface area contributed by atoms with Crippen LogP contribution in [0.25, 0.3) is 93.1 Å². The van der Waals surface area contributed by atoms with Crippen LogP contribution in [-0.2, 0) is 5.41 Å². The summed E-state index contributed by atoms with van der Waals surface area (Å²) in [6.07, 6.45) is 0. The zero-order valence-electron chi connectivity index (χ0n) is 31.0. The number of fused-ring (bicyclic) bond motifs is 10. The largest absolute Gasteiger partial charge is 0.313 e. The molecule has 9 aromatic carbocycles. The third-order valence-corrected chi connectivity index (χ3v) is 12.6. The van der Waals surface area contributed by atoms with Gasteiger partial charge < -0.3 is 4.57 Å². The van der Waals surface area contributed by atoms with E-state index in [0.29, 0.717) is 0 Å². The maximum absolute atomic E-state index is 2.52. The molecule has 0 bridgehead atoms. The summed E-state index contributed by atoms with van der Waals surface area (Å²) in [6.45, 7) is 9.35. The quantitative estimate of drug-likeness (QED) is 0.163. The zero-order chi connectivity index (χ0) is 36.3. The molecule has 0 unspecified atom stereocenters. The molecule has 0 aliphatic heterocycles. The lowest BCUT2D eigenvalue weighted by atomic mass is 9.81. The van der Waals surface area contributed by atoms with E-state index in [1.165, 1.54) is 115 Å². The van der Waals surface area contributed by atoms with Crippen molar-refractivity contribution in [2.45, 2.75) is 33.1 Å². The van der Waals surface area contributed by atoms with Gasteiger partial charge in [0.25, 0.3) is 0 Å². The van der Waals surface area contributed by atoms with Crippen LogP contribution in [-0.4, -0.2) is 4.57 Å². The Kier molecular flexibility index (Phi) is 6.50. The van der Waals surface area contributed by atoms with Gasteiger partial charge in [0.15, 0.2) is 0 Å². The van der Waals surface area contributed by atoms with Crippen LogP contribution < -0.4 is 0 Å². The molecule has 0 saturated heterocycles. The van der Waals surface area contributed by atoms with Crippen LogP contribution in [0.15, 0.2) is 164 Å². The topological polar surface area (TPSA) is 4.93 Å². The third kappa shape index (κ3) is 4.39. The van der Waals surface area contributed by atoms with Crippen molar-refractivity contribution in [2.75, 3.05) is 0 Å². The summed E-state index contributed by atoms with van der Waals surface area (Å²) in [5, 5.41) is 11.5. The standard InChI is InChI=1S/C53H39N/c1-32-33(2)54(41-21-23-48-47-22-20-39(30-50(47)53(3,4)51(48)31-41)38-18-16-34-10-5-7-12-36(34)28-38)52-42(32)24-25-46-44-15-9-14-43(45(44)26-27-49(46)52)40-19-17-35-11-6-8-13-37(35)29-40/h5-31H,1-4H3. The molecule has 10 aromatic rings. The maximum Gasteiger partial charge on any atom is 0.0612 e. The molecular formula is C53H39N. The molecule has 0 fully saturated rings. The minimum Gasteiger partial charge on any atom is -0.313 e. The van der Waals surface area contributed by atoms with Crippen LogP contribution in [0.5, 0.6) is 0 Å². The summed E-state index contributed by atoms with van der Waals surface area (Å²) in [5.74, 6) is 0. The first-order valence-corrected chi connectivity index (χ1v) is 19.1. The highest BCUT2D eigenvalue weighted by molar-refractivity contribution is 6.19. The predicted molar refractivity (Wildman–Crippen MR) is 231 cm³/mol. The van der Waals surface area contributed by atoms with Gasteiger partial charge in [0.1, 0.15) is 0 Å². The summed E-state index contributed by atoms with van der Waals surface area (Å²) >= 11 is 0. The second kappa shape index (κ2) is 11.3. The minimum atomic E-state index is -0.142. The average Bonchev–Trinajstić information content (AvgIpc) is 3.61. The van der Waals surface area contributed by atoms with Gasteiger partial charge in [-0.25, -0.2) is 0 Å². The lowest BCUT2D eigenvalue weighted by Crippen LogP contribution is -2.15. The Balaban J connectivity index is 1.05. The van der Waals surface area contributed by atoms with E-state index in [0.717, 1.165) is 0 Å². The molecule has 0 radical (unpaired) electrons. The first-order valence-electron chi connectivity index (χ1n) is 19.1. The van der Waals surface area contributed by atoms with Crippen molar-refractivity contribution < 1.29 is 0 Å². The van der Waals surface area contributed by atoms with E-state index in [1.54, 1.807) is 0 Å². The first-order chi connectivity index (χ1) is 26.3. The van der Waals surface area contributed by atoms with E-state index in [1.807, 2.05) is 0 Å². The Morgan fingerprint density at radius 2 is 0.944 bits per heavy atom. The molecule has 0 N–H and O–H groups in total. The molecule has 0 spiro atoms. The number of aromatic nitrogens is 1. The van der Waals surface area contributed by atoms with Gasteiger partial charge >= 0.3 is 0 Å². The number of aryl methyl sites for hydroxylation is 1. The number of rotatable bonds is 3. The summed E-state index contributed by atoms with van der Waals surface area (Å²) in [7, 11) is 0. The lowest BCUT2D eigenvalue weighted by Gasteiger charge is -2.23. The second-order valence-electron chi connectivity index (χ2n) is 15.8. The highest BCUT2D eigenvalue weighted by Crippen LogP contribution is 2.51. The van der Waals surface area contributed by atoms with Crippen molar-refractivity contribution in [2.24, 2.45) is 0 Å². The van der Waals surface area contributed by atoms with Gasteiger partial charge in [-0.15, -0.1) is 0 Å². The van der Waals surface area contributed by atoms with Gasteiger partial charge in [0.2, 0.25) is 0 Å². The van der Waals surface area contributed by atoms with Crippen molar-refractivity contribution in [1.82, 2.24) is 4.57 Å². The average molecular weight is 690 g/mol. The van der Waals surface area contributed by atoms with Crippen molar-refractivity contribution in [3.63, 3.8) is 0 Å². The Morgan fingerprint density at radius 3 is 1.70 bits per heavy atom. The zero-order valence-corrected chi connectivity index (χ0v) is 31.0. The Morgan fingerprint density at radius 1 is 0.389 bits per heavy atom. The molecule has 1 aromatic heterocycles. The van der Waals surface area contributed by atoms with Crippen molar-refractivity contribution in [3.05, 3.63) is 186 Å². The molecule has 1 aliphatic rings. The molecule has 1 heterocycles. The Labute approximate surface area is 315 Å². The molecular weight excluding hydrogens is 651 g/mol. The third-order valence-electron chi connectivity index (χ3n) is 12.6. The number of hydrogen-bond acceptors (Lipinski definition) is 0. The number of hydrogen-bond donors (Lipinski definition) is 0. The van der Waals surface area contributed by atoms with E-state index in [2.05, 4.69) is 196 Å². The van der Waals surface area contributed by atoms with Gasteiger partial charge in [-0.1, -0.05) is 147 Å². The monoisotopic (exact) mass is 689 g/mol. The molecule has 1 nitrogen and oxygen atoms in total. The normalized spacial score (nSPS) is 13.3. The number of benzene rings is 9. The molecule has 0 amide bonds.